The Morgan fingerprint density at radius 3 is 1.12 bits per heavy atom. The minimum Gasteiger partial charge on any atom is -0.196 e. The topological polar surface area (TPSA) is 97.0 Å². The van der Waals surface area contributed by atoms with Gasteiger partial charge in [-0.05, 0) is 55.5 Å². The van der Waals surface area contributed by atoms with Crippen LogP contribution in [-0.4, -0.2) is 11.1 Å². The van der Waals surface area contributed by atoms with Crippen LogP contribution in [0.5, 0.6) is 0 Å². The van der Waals surface area contributed by atoms with Gasteiger partial charge in [-0.15, -0.1) is 0 Å². The Labute approximate surface area is 243 Å². The van der Waals surface area contributed by atoms with Gasteiger partial charge in [-0.3, -0.25) is 0 Å². The highest BCUT2D eigenvalue weighted by molar-refractivity contribution is 5.50. The van der Waals surface area contributed by atoms with Crippen molar-refractivity contribution in [2.75, 3.05) is 0 Å². The highest BCUT2D eigenvalue weighted by Crippen LogP contribution is 2.41. The van der Waals surface area contributed by atoms with Crippen molar-refractivity contribution in [3.63, 3.8) is 0 Å². The number of azo groups is 2. The van der Waals surface area contributed by atoms with Gasteiger partial charge in [-0.25, -0.2) is 0 Å². The number of hydrogen-bond acceptors (Lipinski definition) is 6. The molecule has 0 N–H and O–H groups in total. The fraction of sp³-hybridized carbons (Fsp3) is 0.257. The first-order chi connectivity index (χ1) is 19.8. The van der Waals surface area contributed by atoms with Gasteiger partial charge in [0.2, 0.25) is 0 Å². The predicted octanol–water partition coefficient (Wildman–Crippen LogP) is 9.59. The van der Waals surface area contributed by atoms with Crippen molar-refractivity contribution >= 4 is 5.69 Å². The summed E-state index contributed by atoms with van der Waals surface area (Å²) in [5, 5.41) is 35.2. The SMILES string of the molecule is CCC(C)(C#N)N=NC(C)(C#N)CC.c1ccc(N=NC(c2ccccc2)(c2ccccc2)c2ccccc2)cc1. The van der Waals surface area contributed by atoms with E-state index in [0.717, 1.165) is 22.4 Å². The highest BCUT2D eigenvalue weighted by atomic mass is 15.2. The molecule has 0 bridgehead atoms. The zero-order chi connectivity index (χ0) is 29.6. The van der Waals surface area contributed by atoms with Gasteiger partial charge >= 0.3 is 0 Å². The summed E-state index contributed by atoms with van der Waals surface area (Å²) >= 11 is 0. The van der Waals surface area contributed by atoms with Crippen LogP contribution < -0.4 is 0 Å². The molecule has 41 heavy (non-hydrogen) atoms. The van der Waals surface area contributed by atoms with Crippen LogP contribution in [-0.2, 0) is 5.54 Å². The van der Waals surface area contributed by atoms with Gasteiger partial charge in [0.05, 0.1) is 17.8 Å². The van der Waals surface area contributed by atoms with E-state index in [1.807, 2.05) is 98.8 Å². The summed E-state index contributed by atoms with van der Waals surface area (Å²) in [6, 6.07) is 45.1. The van der Waals surface area contributed by atoms with E-state index in [1.165, 1.54) is 0 Å². The summed E-state index contributed by atoms with van der Waals surface area (Å²) < 4.78 is 0. The lowest BCUT2D eigenvalue weighted by Gasteiger charge is -2.30. The van der Waals surface area contributed by atoms with Crippen molar-refractivity contribution in [2.45, 2.75) is 57.2 Å². The standard InChI is InChI=1S/C25H20N2.C10H16N4/c1-5-13-21(14-6-1)25(22-15-7-2-8-16-22,23-17-9-3-10-18-23)27-26-24-19-11-4-12-20-24;1-5-9(3,7-11)13-14-10(4,6-2)8-12/h1-20H;5-6H2,1-4H3. The van der Waals surface area contributed by atoms with Crippen LogP contribution in [0.4, 0.5) is 5.69 Å². The number of benzene rings is 4. The van der Waals surface area contributed by atoms with E-state index in [0.29, 0.717) is 12.8 Å². The molecule has 4 rings (SSSR count). The highest BCUT2D eigenvalue weighted by Gasteiger charge is 2.36. The van der Waals surface area contributed by atoms with E-state index in [4.69, 9.17) is 15.6 Å². The minimum absolute atomic E-state index is 0.595. The molecule has 0 fully saturated rings. The molecule has 0 saturated heterocycles. The Bertz CT molecular complexity index is 1360. The molecule has 4 aromatic rings. The van der Waals surface area contributed by atoms with Crippen LogP contribution in [0, 0.1) is 22.7 Å². The molecule has 2 unspecified atom stereocenters. The van der Waals surface area contributed by atoms with Gasteiger partial charge in [0.15, 0.2) is 16.6 Å². The molecule has 6 nitrogen and oxygen atoms in total. The maximum atomic E-state index is 8.84. The molecule has 0 amide bonds. The second-order valence-corrected chi connectivity index (χ2v) is 10.0. The largest absolute Gasteiger partial charge is 0.196 e. The molecule has 0 spiro atoms. The average molecular weight is 541 g/mol. The smallest absolute Gasteiger partial charge is 0.164 e. The van der Waals surface area contributed by atoms with Crippen LogP contribution >= 0.6 is 0 Å². The molecule has 206 valence electrons. The van der Waals surface area contributed by atoms with Gasteiger partial charge in [0.25, 0.3) is 0 Å². The van der Waals surface area contributed by atoms with E-state index >= 15 is 0 Å². The first-order valence-corrected chi connectivity index (χ1v) is 13.8. The maximum absolute atomic E-state index is 8.84. The normalized spacial score (nSPS) is 14.2. The van der Waals surface area contributed by atoms with Gasteiger partial charge in [-0.1, -0.05) is 123 Å². The van der Waals surface area contributed by atoms with Crippen LogP contribution in [0.1, 0.15) is 57.2 Å². The molecular weight excluding hydrogens is 504 g/mol. The zero-order valence-electron chi connectivity index (χ0n) is 24.1. The van der Waals surface area contributed by atoms with Crippen molar-refractivity contribution < 1.29 is 0 Å². The summed E-state index contributed by atoms with van der Waals surface area (Å²) in [7, 11) is 0. The summed E-state index contributed by atoms with van der Waals surface area (Å²) in [6.45, 7) is 7.17. The molecule has 0 heterocycles. The molecule has 0 radical (unpaired) electrons. The third-order valence-corrected chi connectivity index (χ3v) is 7.00. The second kappa shape index (κ2) is 14.4. The Morgan fingerprint density at radius 1 is 0.512 bits per heavy atom. The summed E-state index contributed by atoms with van der Waals surface area (Å²) in [4.78, 5) is 0. The number of nitriles is 2. The first kappa shape index (κ1) is 30.6. The lowest BCUT2D eigenvalue weighted by molar-refractivity contribution is 0.473. The Hall–Kier alpha value is -4.94. The third-order valence-electron chi connectivity index (χ3n) is 7.00. The molecule has 2 atom stereocenters. The Morgan fingerprint density at radius 2 is 0.829 bits per heavy atom. The van der Waals surface area contributed by atoms with Crippen molar-refractivity contribution in [2.24, 2.45) is 20.5 Å². The van der Waals surface area contributed by atoms with Crippen LogP contribution in [0.2, 0.25) is 0 Å². The van der Waals surface area contributed by atoms with E-state index in [1.54, 1.807) is 13.8 Å². The average Bonchev–Trinajstić information content (AvgIpc) is 3.06. The molecule has 0 aliphatic carbocycles. The monoisotopic (exact) mass is 540 g/mol. The number of rotatable bonds is 9. The summed E-state index contributed by atoms with van der Waals surface area (Å²) in [5.41, 5.74) is 1.79. The molecule has 4 aromatic carbocycles. The second-order valence-electron chi connectivity index (χ2n) is 10.0. The number of nitrogens with zero attached hydrogens (tertiary/aromatic N) is 6. The van der Waals surface area contributed by atoms with Gasteiger partial charge in [-0.2, -0.15) is 31.0 Å². The van der Waals surface area contributed by atoms with E-state index in [-0.39, 0.29) is 0 Å². The zero-order valence-corrected chi connectivity index (χ0v) is 24.1. The van der Waals surface area contributed by atoms with Crippen molar-refractivity contribution in [1.82, 2.24) is 0 Å². The van der Waals surface area contributed by atoms with Gasteiger partial charge in [0, 0.05) is 0 Å². The fourth-order valence-corrected chi connectivity index (χ4v) is 3.90. The van der Waals surface area contributed by atoms with Gasteiger partial charge in [0.1, 0.15) is 0 Å². The quantitative estimate of drug-likeness (QED) is 0.156. The van der Waals surface area contributed by atoms with Crippen LogP contribution in [0.15, 0.2) is 142 Å². The van der Waals surface area contributed by atoms with E-state index in [9.17, 15) is 0 Å². The molecule has 0 aromatic heterocycles. The van der Waals surface area contributed by atoms with Crippen LogP contribution in [0.3, 0.4) is 0 Å². The molecular formula is C35H36N6. The predicted molar refractivity (Wildman–Crippen MR) is 164 cm³/mol. The first-order valence-electron chi connectivity index (χ1n) is 13.8. The van der Waals surface area contributed by atoms with Crippen molar-refractivity contribution in [1.29, 1.82) is 10.5 Å². The van der Waals surface area contributed by atoms with Crippen molar-refractivity contribution in [3.8, 4) is 12.1 Å². The molecule has 6 heteroatoms. The Kier molecular flexibility index (Phi) is 10.8. The maximum Gasteiger partial charge on any atom is 0.164 e. The summed E-state index contributed by atoms with van der Waals surface area (Å²) in [5.74, 6) is 0. The lowest BCUT2D eigenvalue weighted by Crippen LogP contribution is -2.26. The van der Waals surface area contributed by atoms with Crippen LogP contribution in [0.25, 0.3) is 0 Å². The third kappa shape index (κ3) is 7.81. The van der Waals surface area contributed by atoms with Crippen molar-refractivity contribution in [3.05, 3.63) is 138 Å². The minimum atomic E-state index is -0.798. The molecule has 0 aliphatic rings. The molecule has 0 aliphatic heterocycles. The Balaban J connectivity index is 0.000000282. The van der Waals surface area contributed by atoms with E-state index in [2.05, 4.69) is 63.9 Å². The van der Waals surface area contributed by atoms with E-state index < -0.39 is 16.6 Å². The van der Waals surface area contributed by atoms with Gasteiger partial charge < -0.3 is 0 Å². The lowest BCUT2D eigenvalue weighted by atomic mass is 9.78. The number of hydrogen-bond donors (Lipinski definition) is 0. The molecule has 0 saturated carbocycles. The summed E-state index contributed by atoms with van der Waals surface area (Å²) in [6.07, 6.45) is 1.19. The fourth-order valence-electron chi connectivity index (χ4n) is 3.90.